The van der Waals surface area contributed by atoms with Gasteiger partial charge < -0.3 is 5.32 Å². The van der Waals surface area contributed by atoms with Gasteiger partial charge in [0.2, 0.25) is 10.0 Å². The molecule has 2 aromatic carbocycles. The Morgan fingerprint density at radius 3 is 2.60 bits per heavy atom. The number of nitrogens with one attached hydrogen (secondary N) is 2. The lowest BCUT2D eigenvalue weighted by atomic mass is 10.1. The van der Waals surface area contributed by atoms with Gasteiger partial charge in [-0.3, -0.25) is 9.52 Å². The van der Waals surface area contributed by atoms with E-state index in [1.165, 1.54) is 29.3 Å². The van der Waals surface area contributed by atoms with Crippen molar-refractivity contribution in [3.05, 3.63) is 64.2 Å². The highest BCUT2D eigenvalue weighted by molar-refractivity contribution is 7.92. The molecule has 0 unspecified atom stereocenters. The van der Waals surface area contributed by atoms with Crippen LogP contribution in [0.2, 0.25) is 5.02 Å². The number of carbonyl (C=O) groups is 1. The molecule has 0 saturated heterocycles. The highest BCUT2D eigenvalue weighted by atomic mass is 35.5. The van der Waals surface area contributed by atoms with Crippen LogP contribution in [0.5, 0.6) is 0 Å². The summed E-state index contributed by atoms with van der Waals surface area (Å²) >= 11 is 6.05. The predicted molar refractivity (Wildman–Crippen MR) is 102 cm³/mol. The molecule has 0 aliphatic carbocycles. The van der Waals surface area contributed by atoms with E-state index in [9.17, 15) is 13.2 Å². The molecule has 2 N–H and O–H groups in total. The molecule has 1 amide bonds. The number of benzene rings is 2. The molecule has 0 saturated carbocycles. The third-order valence-corrected chi connectivity index (χ3v) is 4.46. The van der Waals surface area contributed by atoms with E-state index in [0.717, 1.165) is 19.1 Å². The van der Waals surface area contributed by atoms with Crippen molar-refractivity contribution >= 4 is 33.2 Å². The Bertz CT molecular complexity index is 866. The topological polar surface area (TPSA) is 75.3 Å². The van der Waals surface area contributed by atoms with Gasteiger partial charge in [0.05, 0.1) is 16.8 Å². The second kappa shape index (κ2) is 8.36. The normalized spacial score (nSPS) is 11.2. The number of carbonyl (C=O) groups excluding carboxylic acids is 1. The van der Waals surface area contributed by atoms with E-state index >= 15 is 0 Å². The molecule has 2 aromatic rings. The van der Waals surface area contributed by atoms with E-state index in [-0.39, 0.29) is 16.5 Å². The Labute approximate surface area is 153 Å². The number of hydrogen-bond donors (Lipinski definition) is 2. The first-order valence-corrected chi connectivity index (χ1v) is 10.1. The number of aryl methyl sites for hydroxylation is 2. The van der Waals surface area contributed by atoms with Crippen molar-refractivity contribution in [2.24, 2.45) is 0 Å². The van der Waals surface area contributed by atoms with Crippen LogP contribution in [0.1, 0.15) is 27.9 Å². The number of halogens is 1. The van der Waals surface area contributed by atoms with E-state index in [1.807, 2.05) is 19.1 Å². The molecule has 25 heavy (non-hydrogen) atoms. The number of sulfonamides is 1. The molecular weight excluding hydrogens is 360 g/mol. The zero-order valence-electron chi connectivity index (χ0n) is 14.2. The summed E-state index contributed by atoms with van der Waals surface area (Å²) in [5.74, 6) is -0.327. The maximum absolute atomic E-state index is 12.3. The summed E-state index contributed by atoms with van der Waals surface area (Å²) < 4.78 is 24.9. The number of hydrogen-bond acceptors (Lipinski definition) is 3. The molecule has 0 aromatic heterocycles. The van der Waals surface area contributed by atoms with Gasteiger partial charge in [-0.1, -0.05) is 41.4 Å². The van der Waals surface area contributed by atoms with Crippen molar-refractivity contribution in [3.8, 4) is 0 Å². The van der Waals surface area contributed by atoms with Crippen LogP contribution in [0.15, 0.2) is 42.5 Å². The fourth-order valence-electron chi connectivity index (χ4n) is 2.43. The Kier molecular flexibility index (Phi) is 6.45. The average molecular weight is 381 g/mol. The van der Waals surface area contributed by atoms with Gasteiger partial charge in [0.15, 0.2) is 0 Å². The Hall–Kier alpha value is -2.05. The first kappa shape index (κ1) is 19.3. The smallest absolute Gasteiger partial charge is 0.252 e. The lowest BCUT2D eigenvalue weighted by Crippen LogP contribution is -2.25. The largest absolute Gasteiger partial charge is 0.352 e. The fraction of sp³-hybridized carbons (Fsp3) is 0.278. The summed E-state index contributed by atoms with van der Waals surface area (Å²) in [6.45, 7) is 2.55. The zero-order valence-corrected chi connectivity index (χ0v) is 15.7. The second-order valence-electron chi connectivity index (χ2n) is 5.92. The summed E-state index contributed by atoms with van der Waals surface area (Å²) in [4.78, 5) is 12.3. The van der Waals surface area contributed by atoms with Crippen LogP contribution in [0.3, 0.4) is 0 Å². The molecule has 7 heteroatoms. The van der Waals surface area contributed by atoms with E-state index in [1.54, 1.807) is 0 Å². The van der Waals surface area contributed by atoms with Crippen LogP contribution in [0.25, 0.3) is 0 Å². The monoisotopic (exact) mass is 380 g/mol. The van der Waals surface area contributed by atoms with E-state index in [4.69, 9.17) is 11.6 Å². The van der Waals surface area contributed by atoms with Gasteiger partial charge in [-0.05, 0) is 43.5 Å². The Balaban J connectivity index is 1.93. The molecular formula is C18H21ClN2O3S. The van der Waals surface area contributed by atoms with Crippen molar-refractivity contribution in [1.29, 1.82) is 0 Å². The molecule has 5 nitrogen and oxygen atoms in total. The zero-order chi connectivity index (χ0) is 18.4. The van der Waals surface area contributed by atoms with Crippen LogP contribution in [-0.2, 0) is 16.4 Å². The molecule has 0 heterocycles. The van der Waals surface area contributed by atoms with Crippen LogP contribution < -0.4 is 10.0 Å². The molecule has 0 fully saturated rings. The lowest BCUT2D eigenvalue weighted by molar-refractivity contribution is 0.0953. The van der Waals surface area contributed by atoms with Crippen molar-refractivity contribution in [2.75, 3.05) is 17.5 Å². The van der Waals surface area contributed by atoms with Gasteiger partial charge in [0.25, 0.3) is 5.91 Å². The van der Waals surface area contributed by atoms with Crippen molar-refractivity contribution < 1.29 is 13.2 Å². The molecule has 134 valence electrons. The van der Waals surface area contributed by atoms with Gasteiger partial charge in [-0.15, -0.1) is 0 Å². The molecule has 2 rings (SSSR count). The molecule has 0 aliphatic rings. The number of amides is 1. The van der Waals surface area contributed by atoms with Gasteiger partial charge in [-0.2, -0.15) is 0 Å². The van der Waals surface area contributed by atoms with Gasteiger partial charge >= 0.3 is 0 Å². The maximum atomic E-state index is 12.3. The number of rotatable bonds is 7. The maximum Gasteiger partial charge on any atom is 0.252 e. The first-order valence-electron chi connectivity index (χ1n) is 7.86. The van der Waals surface area contributed by atoms with E-state index < -0.39 is 10.0 Å². The van der Waals surface area contributed by atoms with Gasteiger partial charge in [0.1, 0.15) is 0 Å². The third kappa shape index (κ3) is 6.40. The highest BCUT2D eigenvalue weighted by Gasteiger charge is 2.12. The molecule has 0 bridgehead atoms. The predicted octanol–water partition coefficient (Wildman–Crippen LogP) is 3.38. The highest BCUT2D eigenvalue weighted by Crippen LogP contribution is 2.21. The molecule has 0 spiro atoms. The van der Waals surface area contributed by atoms with Crippen LogP contribution >= 0.6 is 11.6 Å². The van der Waals surface area contributed by atoms with Crippen LogP contribution in [-0.4, -0.2) is 27.1 Å². The summed E-state index contributed by atoms with van der Waals surface area (Å²) in [6.07, 6.45) is 2.71. The van der Waals surface area contributed by atoms with Gasteiger partial charge in [0, 0.05) is 12.2 Å². The van der Waals surface area contributed by atoms with Gasteiger partial charge in [-0.25, -0.2) is 8.42 Å². The minimum Gasteiger partial charge on any atom is -0.352 e. The Morgan fingerprint density at radius 2 is 1.92 bits per heavy atom. The van der Waals surface area contributed by atoms with Crippen LogP contribution in [0.4, 0.5) is 5.69 Å². The SMILES string of the molecule is Cc1cccc(CCCNC(=O)c2cc(NS(C)(=O)=O)ccc2Cl)c1. The molecule has 0 radical (unpaired) electrons. The number of anilines is 1. The fourth-order valence-corrected chi connectivity index (χ4v) is 3.19. The molecule has 0 aliphatic heterocycles. The van der Waals surface area contributed by atoms with Crippen molar-refractivity contribution in [3.63, 3.8) is 0 Å². The van der Waals surface area contributed by atoms with Crippen molar-refractivity contribution in [2.45, 2.75) is 19.8 Å². The standard InChI is InChI=1S/C18H21ClN2O3S/c1-13-5-3-6-14(11-13)7-4-10-20-18(22)16-12-15(8-9-17(16)19)21-25(2,23)24/h3,5-6,8-9,11-12,21H,4,7,10H2,1-2H3,(H,20,22). The summed E-state index contributed by atoms with van der Waals surface area (Å²) in [6, 6.07) is 12.7. The van der Waals surface area contributed by atoms with E-state index in [2.05, 4.69) is 22.2 Å². The van der Waals surface area contributed by atoms with E-state index in [0.29, 0.717) is 12.2 Å². The summed E-state index contributed by atoms with van der Waals surface area (Å²) in [5.41, 5.74) is 2.98. The quantitative estimate of drug-likeness (QED) is 0.723. The minimum absolute atomic E-state index is 0.242. The average Bonchev–Trinajstić information content (AvgIpc) is 2.52. The summed E-state index contributed by atoms with van der Waals surface area (Å²) in [5, 5.41) is 3.09. The van der Waals surface area contributed by atoms with Crippen molar-refractivity contribution in [1.82, 2.24) is 5.32 Å². The second-order valence-corrected chi connectivity index (χ2v) is 8.07. The minimum atomic E-state index is -3.41. The van der Waals surface area contributed by atoms with Crippen LogP contribution in [0, 0.1) is 6.92 Å². The lowest BCUT2D eigenvalue weighted by Gasteiger charge is -2.10. The first-order chi connectivity index (χ1) is 11.7. The third-order valence-electron chi connectivity index (χ3n) is 3.52. The Morgan fingerprint density at radius 1 is 1.16 bits per heavy atom. The summed E-state index contributed by atoms with van der Waals surface area (Å²) in [7, 11) is -3.41. The molecule has 0 atom stereocenters.